The smallest absolute Gasteiger partial charge is 0.106 e. The molecule has 2 nitrogen and oxygen atoms in total. The highest BCUT2D eigenvalue weighted by atomic mass is 15.0. The van der Waals surface area contributed by atoms with Gasteiger partial charge in [-0.1, -0.05) is 13.8 Å². The molecule has 0 aromatic heterocycles. The topological polar surface area (TPSA) is 35.8 Å². The number of nitrogens with one attached hydrogen (secondary N) is 1. The van der Waals surface area contributed by atoms with Crippen LogP contribution in [0.2, 0.25) is 0 Å². The summed E-state index contributed by atoms with van der Waals surface area (Å²) < 4.78 is 0. The normalized spacial score (nSPS) is 18.9. The Morgan fingerprint density at radius 2 is 1.89 bits per heavy atom. The van der Waals surface area contributed by atoms with E-state index in [2.05, 4.69) is 11.4 Å². The average Bonchev–Trinajstić information content (AvgIpc) is 2.72. The summed E-state index contributed by atoms with van der Waals surface area (Å²) in [5.74, 6) is 0. The average molecular weight is 126 g/mol. The molecule has 0 radical (unpaired) electrons. The highest BCUT2D eigenvalue weighted by molar-refractivity contribution is 5.17. The van der Waals surface area contributed by atoms with Crippen molar-refractivity contribution >= 4 is 0 Å². The molecule has 0 aromatic carbocycles. The van der Waals surface area contributed by atoms with Crippen molar-refractivity contribution in [1.82, 2.24) is 5.32 Å². The summed E-state index contributed by atoms with van der Waals surface area (Å²) >= 11 is 0. The Hall–Kier alpha value is -0.550. The second kappa shape index (κ2) is 3.47. The van der Waals surface area contributed by atoms with E-state index in [1.54, 1.807) is 0 Å². The van der Waals surface area contributed by atoms with Crippen LogP contribution >= 0.6 is 0 Å². The second-order valence-electron chi connectivity index (χ2n) is 1.94. The molecule has 0 aromatic rings. The van der Waals surface area contributed by atoms with Gasteiger partial charge in [-0.05, 0) is 19.9 Å². The summed E-state index contributed by atoms with van der Waals surface area (Å²) in [6, 6.07) is 2.19. The molecule has 1 fully saturated rings. The third-order valence-electron chi connectivity index (χ3n) is 1.44. The predicted octanol–water partition coefficient (Wildman–Crippen LogP) is 1.29. The van der Waals surface area contributed by atoms with E-state index in [0.717, 1.165) is 12.8 Å². The number of rotatable bonds is 1. The summed E-state index contributed by atoms with van der Waals surface area (Å²) in [4.78, 5) is 0. The van der Waals surface area contributed by atoms with Crippen molar-refractivity contribution in [3.05, 3.63) is 0 Å². The number of hydrogen-bond donors (Lipinski definition) is 1. The van der Waals surface area contributed by atoms with E-state index >= 15 is 0 Å². The lowest BCUT2D eigenvalue weighted by Gasteiger charge is -1.97. The summed E-state index contributed by atoms with van der Waals surface area (Å²) in [7, 11) is 1.83. The first-order valence-corrected chi connectivity index (χ1v) is 3.43. The maximum atomic E-state index is 8.34. The van der Waals surface area contributed by atoms with Crippen LogP contribution in [0, 0.1) is 11.3 Å². The summed E-state index contributed by atoms with van der Waals surface area (Å²) in [6.45, 7) is 4.00. The number of nitrogens with zero attached hydrogens (tertiary/aromatic N) is 1. The van der Waals surface area contributed by atoms with Gasteiger partial charge in [0.05, 0.1) is 6.07 Å². The fraction of sp³-hybridized carbons (Fsp3) is 0.857. The van der Waals surface area contributed by atoms with E-state index in [9.17, 15) is 0 Å². The fourth-order valence-electron chi connectivity index (χ4n) is 0.543. The van der Waals surface area contributed by atoms with Gasteiger partial charge in [0.1, 0.15) is 5.54 Å². The molecule has 0 atom stereocenters. The van der Waals surface area contributed by atoms with Crippen LogP contribution in [0.25, 0.3) is 0 Å². The lowest BCUT2D eigenvalue weighted by Crippen LogP contribution is -2.24. The summed E-state index contributed by atoms with van der Waals surface area (Å²) in [5.41, 5.74) is -0.111. The maximum Gasteiger partial charge on any atom is 0.106 e. The molecule has 0 aliphatic heterocycles. The minimum absolute atomic E-state index is 0.111. The first-order chi connectivity index (χ1) is 4.33. The van der Waals surface area contributed by atoms with Gasteiger partial charge < -0.3 is 5.32 Å². The van der Waals surface area contributed by atoms with Gasteiger partial charge in [0.15, 0.2) is 0 Å². The highest BCUT2D eigenvalue weighted by Gasteiger charge is 2.41. The van der Waals surface area contributed by atoms with Crippen LogP contribution in [0.3, 0.4) is 0 Å². The molecule has 1 N–H and O–H groups in total. The van der Waals surface area contributed by atoms with Crippen molar-refractivity contribution in [2.45, 2.75) is 32.2 Å². The zero-order chi connectivity index (χ0) is 7.33. The Bertz CT molecular complexity index is 109. The molecule has 2 heteroatoms. The van der Waals surface area contributed by atoms with Crippen LogP contribution < -0.4 is 5.32 Å². The second-order valence-corrected chi connectivity index (χ2v) is 1.94. The van der Waals surface area contributed by atoms with E-state index in [0.29, 0.717) is 0 Å². The monoisotopic (exact) mass is 126 g/mol. The lowest BCUT2D eigenvalue weighted by molar-refractivity contribution is 0.684. The fourth-order valence-corrected chi connectivity index (χ4v) is 0.543. The molecular formula is C7H14N2. The lowest BCUT2D eigenvalue weighted by atomic mass is 10.3. The van der Waals surface area contributed by atoms with Gasteiger partial charge in [-0.3, -0.25) is 0 Å². The first-order valence-electron chi connectivity index (χ1n) is 3.43. The van der Waals surface area contributed by atoms with Gasteiger partial charge >= 0.3 is 0 Å². The van der Waals surface area contributed by atoms with Crippen LogP contribution in [0.5, 0.6) is 0 Å². The molecule has 0 saturated heterocycles. The van der Waals surface area contributed by atoms with Gasteiger partial charge in [0, 0.05) is 0 Å². The summed E-state index contributed by atoms with van der Waals surface area (Å²) in [6.07, 6.45) is 2.06. The highest BCUT2D eigenvalue weighted by Crippen LogP contribution is 2.33. The maximum absolute atomic E-state index is 8.34. The van der Waals surface area contributed by atoms with Gasteiger partial charge in [-0.25, -0.2) is 0 Å². The van der Waals surface area contributed by atoms with Crippen LogP contribution in [-0.2, 0) is 0 Å². The molecule has 9 heavy (non-hydrogen) atoms. The molecule has 0 unspecified atom stereocenters. The predicted molar refractivity (Wildman–Crippen MR) is 38.0 cm³/mol. The zero-order valence-electron chi connectivity index (χ0n) is 6.36. The molecular weight excluding hydrogens is 112 g/mol. The number of hydrogen-bond acceptors (Lipinski definition) is 2. The van der Waals surface area contributed by atoms with Crippen molar-refractivity contribution in [3.8, 4) is 6.07 Å². The molecule has 1 saturated carbocycles. The molecule has 0 heterocycles. The Morgan fingerprint density at radius 1 is 1.44 bits per heavy atom. The van der Waals surface area contributed by atoms with Crippen molar-refractivity contribution < 1.29 is 0 Å². The van der Waals surface area contributed by atoms with E-state index < -0.39 is 0 Å². The van der Waals surface area contributed by atoms with E-state index in [4.69, 9.17) is 5.26 Å². The zero-order valence-corrected chi connectivity index (χ0v) is 6.36. The van der Waals surface area contributed by atoms with Crippen LogP contribution in [0.4, 0.5) is 0 Å². The van der Waals surface area contributed by atoms with Crippen molar-refractivity contribution in [2.75, 3.05) is 7.05 Å². The Kier molecular flexibility index (Phi) is 3.26. The molecule has 1 aliphatic rings. The van der Waals surface area contributed by atoms with E-state index in [-0.39, 0.29) is 5.54 Å². The third kappa shape index (κ3) is 2.03. The van der Waals surface area contributed by atoms with Crippen molar-refractivity contribution in [3.63, 3.8) is 0 Å². The third-order valence-corrected chi connectivity index (χ3v) is 1.44. The van der Waals surface area contributed by atoms with E-state index in [1.807, 2.05) is 20.9 Å². The number of nitriles is 1. The van der Waals surface area contributed by atoms with Gasteiger partial charge in [-0.2, -0.15) is 5.26 Å². The Balaban J connectivity index is 0.000000291. The molecule has 1 aliphatic carbocycles. The van der Waals surface area contributed by atoms with Gasteiger partial charge in [0.25, 0.3) is 0 Å². The Labute approximate surface area is 56.9 Å². The van der Waals surface area contributed by atoms with Crippen LogP contribution in [0.1, 0.15) is 26.7 Å². The van der Waals surface area contributed by atoms with Crippen molar-refractivity contribution in [2.24, 2.45) is 0 Å². The minimum atomic E-state index is -0.111. The SMILES string of the molecule is CC.CNC1(C#N)CC1. The Morgan fingerprint density at radius 3 is 1.89 bits per heavy atom. The summed E-state index contributed by atoms with van der Waals surface area (Å²) in [5, 5.41) is 11.3. The molecule has 52 valence electrons. The van der Waals surface area contributed by atoms with Crippen LogP contribution in [-0.4, -0.2) is 12.6 Å². The minimum Gasteiger partial charge on any atom is -0.302 e. The molecule has 0 bridgehead atoms. The first kappa shape index (κ1) is 8.45. The van der Waals surface area contributed by atoms with Crippen molar-refractivity contribution in [1.29, 1.82) is 5.26 Å². The largest absolute Gasteiger partial charge is 0.302 e. The van der Waals surface area contributed by atoms with Crippen LogP contribution in [0.15, 0.2) is 0 Å². The van der Waals surface area contributed by atoms with Gasteiger partial charge in [0.2, 0.25) is 0 Å². The molecule has 1 rings (SSSR count). The van der Waals surface area contributed by atoms with E-state index in [1.165, 1.54) is 0 Å². The standard InChI is InChI=1S/C5H8N2.C2H6/c1-7-5(4-6)2-3-5;1-2/h7H,2-3H2,1H3;1-2H3. The van der Waals surface area contributed by atoms with Gasteiger partial charge in [-0.15, -0.1) is 0 Å². The molecule has 0 spiro atoms. The quantitative estimate of drug-likeness (QED) is 0.574. The molecule has 0 amide bonds.